The Labute approximate surface area is 98.5 Å². The molecule has 0 saturated carbocycles. The van der Waals surface area contributed by atoms with Crippen LogP contribution >= 0.6 is 0 Å². The van der Waals surface area contributed by atoms with Gasteiger partial charge in [0.1, 0.15) is 6.29 Å². The number of fused-ring (bicyclic) bond motifs is 1. The zero-order chi connectivity index (χ0) is 12.3. The number of carbonyl (C=O) groups is 1. The highest BCUT2D eigenvalue weighted by molar-refractivity contribution is 5.78. The lowest BCUT2D eigenvalue weighted by molar-refractivity contribution is -0.104. The molecule has 1 aliphatic heterocycles. The molecule has 0 aromatic heterocycles. The molecule has 0 bridgehead atoms. The third-order valence-electron chi connectivity index (χ3n) is 2.37. The molecule has 2 rings (SSSR count). The van der Waals surface area contributed by atoms with Gasteiger partial charge in [-0.15, -0.1) is 0 Å². The summed E-state index contributed by atoms with van der Waals surface area (Å²) < 4.78 is 21.1. The summed E-state index contributed by atoms with van der Waals surface area (Å²) in [5, 5.41) is 0. The van der Waals surface area contributed by atoms with Crippen LogP contribution in [-0.2, 0) is 4.79 Å². The van der Waals surface area contributed by atoms with Gasteiger partial charge < -0.3 is 18.9 Å². The van der Waals surface area contributed by atoms with Crippen LogP contribution in [0.15, 0.2) is 12.1 Å². The van der Waals surface area contributed by atoms with Gasteiger partial charge in [0, 0.05) is 5.56 Å². The highest BCUT2D eigenvalue weighted by atomic mass is 16.7. The molecule has 0 N–H and O–H groups in total. The zero-order valence-corrected chi connectivity index (χ0v) is 9.56. The van der Waals surface area contributed by atoms with Gasteiger partial charge in [0.15, 0.2) is 11.5 Å². The van der Waals surface area contributed by atoms with Crippen molar-refractivity contribution in [2.75, 3.05) is 21.0 Å². The van der Waals surface area contributed by atoms with Crippen molar-refractivity contribution in [3.05, 3.63) is 17.7 Å². The number of methoxy groups -OCH3 is 2. The summed E-state index contributed by atoms with van der Waals surface area (Å²) in [7, 11) is 3.05. The van der Waals surface area contributed by atoms with Crippen molar-refractivity contribution in [3.8, 4) is 23.0 Å². The van der Waals surface area contributed by atoms with Crippen molar-refractivity contribution in [2.45, 2.75) is 0 Å². The van der Waals surface area contributed by atoms with Gasteiger partial charge in [0.25, 0.3) is 0 Å². The molecule has 90 valence electrons. The summed E-state index contributed by atoms with van der Waals surface area (Å²) >= 11 is 0. The van der Waals surface area contributed by atoms with Gasteiger partial charge in [-0.3, -0.25) is 4.79 Å². The number of aldehydes is 1. The maximum absolute atomic E-state index is 10.4. The summed E-state index contributed by atoms with van der Waals surface area (Å²) in [5.41, 5.74) is 0.695. The smallest absolute Gasteiger partial charge is 0.231 e. The zero-order valence-electron chi connectivity index (χ0n) is 9.56. The van der Waals surface area contributed by atoms with E-state index >= 15 is 0 Å². The number of ether oxygens (including phenoxy) is 4. The minimum atomic E-state index is 0.149. The Hall–Kier alpha value is -2.17. The van der Waals surface area contributed by atoms with E-state index in [9.17, 15) is 4.79 Å². The van der Waals surface area contributed by atoms with Gasteiger partial charge in [0.05, 0.1) is 14.2 Å². The first-order valence-corrected chi connectivity index (χ1v) is 4.98. The average molecular weight is 236 g/mol. The normalized spacial score (nSPS) is 12.8. The van der Waals surface area contributed by atoms with Gasteiger partial charge in [0.2, 0.25) is 18.3 Å². The van der Waals surface area contributed by atoms with Gasteiger partial charge in [-0.25, -0.2) is 0 Å². The lowest BCUT2D eigenvalue weighted by Crippen LogP contribution is -1.95. The molecular weight excluding hydrogens is 224 g/mol. The molecule has 0 fully saturated rings. The first-order valence-electron chi connectivity index (χ1n) is 4.98. The third kappa shape index (κ3) is 1.91. The third-order valence-corrected chi connectivity index (χ3v) is 2.37. The highest BCUT2D eigenvalue weighted by Crippen LogP contribution is 2.49. The van der Waals surface area contributed by atoms with Crippen molar-refractivity contribution in [2.24, 2.45) is 0 Å². The highest BCUT2D eigenvalue weighted by Gasteiger charge is 2.25. The Morgan fingerprint density at radius 2 is 2.00 bits per heavy atom. The largest absolute Gasteiger partial charge is 0.492 e. The van der Waals surface area contributed by atoms with Crippen molar-refractivity contribution in [1.82, 2.24) is 0 Å². The first-order chi connectivity index (χ1) is 8.31. The van der Waals surface area contributed by atoms with Crippen molar-refractivity contribution < 1.29 is 23.7 Å². The Balaban J connectivity index is 2.59. The molecule has 1 aromatic rings. The van der Waals surface area contributed by atoms with Crippen LogP contribution in [0.2, 0.25) is 0 Å². The Morgan fingerprint density at radius 3 is 2.65 bits per heavy atom. The second kappa shape index (κ2) is 4.78. The monoisotopic (exact) mass is 236 g/mol. The lowest BCUT2D eigenvalue weighted by Gasteiger charge is -2.12. The molecule has 0 aliphatic carbocycles. The molecular formula is C12H12O5. The molecule has 5 nitrogen and oxygen atoms in total. The summed E-state index contributed by atoms with van der Waals surface area (Å²) in [6.07, 6.45) is 3.69. The minimum absolute atomic E-state index is 0.149. The number of benzene rings is 1. The van der Waals surface area contributed by atoms with Crippen LogP contribution in [0.25, 0.3) is 6.08 Å². The van der Waals surface area contributed by atoms with E-state index in [1.165, 1.54) is 20.3 Å². The predicted molar refractivity (Wildman–Crippen MR) is 60.8 cm³/mol. The number of rotatable bonds is 4. The van der Waals surface area contributed by atoms with Crippen LogP contribution in [0.4, 0.5) is 0 Å². The van der Waals surface area contributed by atoms with Gasteiger partial charge in [-0.2, -0.15) is 0 Å². The van der Waals surface area contributed by atoms with E-state index in [-0.39, 0.29) is 6.79 Å². The standard InChI is InChI=1S/C12H12O5/c1-14-10-8(4-3-5-13)6-9-11(12(10)15-2)17-7-16-9/h3-6H,7H2,1-2H3/b4-3-. The van der Waals surface area contributed by atoms with E-state index in [2.05, 4.69) is 0 Å². The maximum atomic E-state index is 10.4. The molecule has 0 amide bonds. The van der Waals surface area contributed by atoms with Crippen LogP contribution in [0.1, 0.15) is 5.56 Å². The first kappa shape index (κ1) is 11.3. The van der Waals surface area contributed by atoms with E-state index in [1.807, 2.05) is 0 Å². The van der Waals surface area contributed by atoms with Crippen LogP contribution < -0.4 is 18.9 Å². The molecule has 0 atom stereocenters. The summed E-state index contributed by atoms with van der Waals surface area (Å²) in [4.78, 5) is 10.4. The number of hydrogen-bond donors (Lipinski definition) is 0. The molecule has 1 aromatic carbocycles. The molecule has 0 unspecified atom stereocenters. The summed E-state index contributed by atoms with van der Waals surface area (Å²) in [6.45, 7) is 0.149. The number of carbonyl (C=O) groups excluding carboxylic acids is 1. The molecule has 0 spiro atoms. The second-order valence-electron chi connectivity index (χ2n) is 3.26. The van der Waals surface area contributed by atoms with Gasteiger partial charge >= 0.3 is 0 Å². The Morgan fingerprint density at radius 1 is 1.24 bits per heavy atom. The number of hydrogen-bond acceptors (Lipinski definition) is 5. The van der Waals surface area contributed by atoms with Crippen LogP contribution in [0, 0.1) is 0 Å². The SMILES string of the molecule is COc1c(/C=C\C=O)cc2c(c1OC)OCO2. The molecule has 5 heteroatoms. The number of allylic oxidation sites excluding steroid dienone is 1. The Bertz CT molecular complexity index is 464. The fourth-order valence-corrected chi connectivity index (χ4v) is 1.68. The molecule has 1 heterocycles. The predicted octanol–water partition coefficient (Wildman–Crippen LogP) is 1.64. The molecule has 1 aliphatic rings. The second-order valence-corrected chi connectivity index (χ2v) is 3.26. The minimum Gasteiger partial charge on any atom is -0.492 e. The van der Waals surface area contributed by atoms with E-state index in [0.717, 1.165) is 0 Å². The van der Waals surface area contributed by atoms with E-state index in [1.54, 1.807) is 12.1 Å². The average Bonchev–Trinajstić information content (AvgIpc) is 2.81. The van der Waals surface area contributed by atoms with E-state index in [4.69, 9.17) is 18.9 Å². The molecule has 0 radical (unpaired) electrons. The molecule has 17 heavy (non-hydrogen) atoms. The van der Waals surface area contributed by atoms with Crippen LogP contribution in [0.5, 0.6) is 23.0 Å². The van der Waals surface area contributed by atoms with Gasteiger partial charge in [-0.05, 0) is 18.2 Å². The van der Waals surface area contributed by atoms with Crippen molar-refractivity contribution in [3.63, 3.8) is 0 Å². The maximum Gasteiger partial charge on any atom is 0.231 e. The van der Waals surface area contributed by atoms with E-state index < -0.39 is 0 Å². The van der Waals surface area contributed by atoms with Crippen molar-refractivity contribution >= 4 is 12.4 Å². The van der Waals surface area contributed by atoms with Crippen LogP contribution in [0.3, 0.4) is 0 Å². The summed E-state index contributed by atoms with van der Waals surface area (Å²) in [5.74, 6) is 2.07. The fraction of sp³-hybridized carbons (Fsp3) is 0.250. The topological polar surface area (TPSA) is 54.0 Å². The van der Waals surface area contributed by atoms with E-state index in [0.29, 0.717) is 34.8 Å². The Kier molecular flexibility index (Phi) is 3.18. The fourth-order valence-electron chi connectivity index (χ4n) is 1.68. The lowest BCUT2D eigenvalue weighted by atomic mass is 10.1. The molecule has 0 saturated heterocycles. The summed E-state index contributed by atoms with van der Waals surface area (Å²) in [6, 6.07) is 1.74. The van der Waals surface area contributed by atoms with Crippen LogP contribution in [-0.4, -0.2) is 27.3 Å². The van der Waals surface area contributed by atoms with Crippen molar-refractivity contribution in [1.29, 1.82) is 0 Å². The van der Waals surface area contributed by atoms with Gasteiger partial charge in [-0.1, -0.05) is 0 Å². The quantitative estimate of drug-likeness (QED) is 0.587.